The minimum Gasteiger partial charge on any atom is -0.356 e. The third kappa shape index (κ3) is 5.33. The number of likely N-dealkylation sites (tertiary alicyclic amines) is 1. The number of guanidine groups is 1. The van der Waals surface area contributed by atoms with Gasteiger partial charge in [0.2, 0.25) is 0 Å². The van der Waals surface area contributed by atoms with E-state index in [1.54, 1.807) is 0 Å². The largest absolute Gasteiger partial charge is 0.356 e. The summed E-state index contributed by atoms with van der Waals surface area (Å²) in [7, 11) is 1.88. The van der Waals surface area contributed by atoms with Gasteiger partial charge in [-0.05, 0) is 45.1 Å². The predicted molar refractivity (Wildman–Crippen MR) is 117 cm³/mol. The van der Waals surface area contributed by atoms with Crippen molar-refractivity contribution >= 4 is 29.9 Å². The third-order valence-corrected chi connectivity index (χ3v) is 5.66. The van der Waals surface area contributed by atoms with E-state index in [0.717, 1.165) is 12.5 Å². The van der Waals surface area contributed by atoms with Crippen LogP contribution in [0.25, 0.3) is 0 Å². The SMILES string of the molecule is CN=C(NCC1(c2ccccc2)CC1)NC1CCN(C(C)C)CC1.I. The van der Waals surface area contributed by atoms with E-state index >= 15 is 0 Å². The van der Waals surface area contributed by atoms with E-state index in [9.17, 15) is 0 Å². The van der Waals surface area contributed by atoms with Crippen LogP contribution in [-0.4, -0.2) is 49.6 Å². The second-order valence-corrected chi connectivity index (χ2v) is 7.62. The first-order valence-corrected chi connectivity index (χ1v) is 9.40. The lowest BCUT2D eigenvalue weighted by Gasteiger charge is -2.35. The molecule has 0 radical (unpaired) electrons. The maximum Gasteiger partial charge on any atom is 0.191 e. The number of piperidine rings is 1. The standard InChI is InChI=1S/C20H32N4.HI/c1-16(2)24-13-9-18(10-14-24)23-19(21-3)22-15-20(11-12-20)17-7-5-4-6-8-17;/h4-8,16,18H,9-15H2,1-3H3,(H2,21,22,23);1H. The number of aliphatic imine (C=N–C) groups is 1. The molecule has 4 nitrogen and oxygen atoms in total. The quantitative estimate of drug-likeness (QED) is 0.406. The summed E-state index contributed by atoms with van der Waals surface area (Å²) in [5.74, 6) is 0.959. The highest BCUT2D eigenvalue weighted by molar-refractivity contribution is 14.0. The second-order valence-electron chi connectivity index (χ2n) is 7.62. The molecule has 1 heterocycles. The van der Waals surface area contributed by atoms with E-state index in [2.05, 4.69) is 64.7 Å². The van der Waals surface area contributed by atoms with Crippen LogP contribution < -0.4 is 10.6 Å². The Morgan fingerprint density at radius 3 is 2.36 bits per heavy atom. The molecule has 0 atom stereocenters. The molecule has 1 aromatic rings. The van der Waals surface area contributed by atoms with Crippen LogP contribution >= 0.6 is 24.0 Å². The number of halogens is 1. The van der Waals surface area contributed by atoms with Crippen molar-refractivity contribution in [1.29, 1.82) is 0 Å². The average molecular weight is 456 g/mol. The molecule has 5 heteroatoms. The van der Waals surface area contributed by atoms with Crippen LogP contribution in [0.3, 0.4) is 0 Å². The zero-order valence-electron chi connectivity index (χ0n) is 15.8. The molecule has 2 aliphatic rings. The summed E-state index contributed by atoms with van der Waals surface area (Å²) in [4.78, 5) is 7.00. The molecule has 140 valence electrons. The molecular weight excluding hydrogens is 423 g/mol. The maximum absolute atomic E-state index is 4.44. The van der Waals surface area contributed by atoms with Crippen LogP contribution in [-0.2, 0) is 5.41 Å². The molecule has 2 N–H and O–H groups in total. The van der Waals surface area contributed by atoms with Gasteiger partial charge in [-0.1, -0.05) is 30.3 Å². The van der Waals surface area contributed by atoms with Crippen molar-refractivity contribution < 1.29 is 0 Å². The zero-order chi connectivity index (χ0) is 17.0. The Balaban J connectivity index is 0.00000225. The van der Waals surface area contributed by atoms with Gasteiger partial charge >= 0.3 is 0 Å². The van der Waals surface area contributed by atoms with Crippen LogP contribution in [0, 0.1) is 0 Å². The highest BCUT2D eigenvalue weighted by Gasteiger charge is 2.44. The van der Waals surface area contributed by atoms with Crippen LogP contribution in [0.5, 0.6) is 0 Å². The molecule has 0 bridgehead atoms. The van der Waals surface area contributed by atoms with Crippen molar-refractivity contribution in [1.82, 2.24) is 15.5 Å². The number of nitrogens with one attached hydrogen (secondary N) is 2. The molecule has 0 spiro atoms. The van der Waals surface area contributed by atoms with Gasteiger partial charge in [0.1, 0.15) is 0 Å². The van der Waals surface area contributed by atoms with Crippen LogP contribution in [0.2, 0.25) is 0 Å². The molecule has 1 saturated carbocycles. The fourth-order valence-corrected chi connectivity index (χ4v) is 3.71. The van der Waals surface area contributed by atoms with E-state index in [1.807, 2.05) is 7.05 Å². The number of benzene rings is 1. The van der Waals surface area contributed by atoms with Gasteiger partial charge in [-0.25, -0.2) is 0 Å². The Bertz CT molecular complexity index is 546. The van der Waals surface area contributed by atoms with E-state index < -0.39 is 0 Å². The minimum absolute atomic E-state index is 0. The summed E-state index contributed by atoms with van der Waals surface area (Å²) in [6, 6.07) is 12.1. The van der Waals surface area contributed by atoms with Gasteiger partial charge in [-0.2, -0.15) is 0 Å². The molecule has 1 aliphatic heterocycles. The Morgan fingerprint density at radius 2 is 1.84 bits per heavy atom. The first kappa shape index (κ1) is 20.5. The molecule has 25 heavy (non-hydrogen) atoms. The number of hydrogen-bond donors (Lipinski definition) is 2. The van der Waals surface area contributed by atoms with Crippen LogP contribution in [0.4, 0.5) is 0 Å². The van der Waals surface area contributed by atoms with Crippen molar-refractivity contribution in [3.63, 3.8) is 0 Å². The van der Waals surface area contributed by atoms with Crippen molar-refractivity contribution in [3.8, 4) is 0 Å². The van der Waals surface area contributed by atoms with Crippen LogP contribution in [0.1, 0.15) is 45.1 Å². The summed E-state index contributed by atoms with van der Waals surface area (Å²) in [5, 5.41) is 7.21. The number of rotatable bonds is 5. The first-order chi connectivity index (χ1) is 11.6. The molecule has 2 fully saturated rings. The van der Waals surface area contributed by atoms with Crippen molar-refractivity contribution in [2.75, 3.05) is 26.7 Å². The Morgan fingerprint density at radius 1 is 1.20 bits per heavy atom. The van der Waals surface area contributed by atoms with Gasteiger partial charge in [0.25, 0.3) is 0 Å². The fraction of sp³-hybridized carbons (Fsp3) is 0.650. The molecule has 0 amide bonds. The zero-order valence-corrected chi connectivity index (χ0v) is 18.1. The van der Waals surface area contributed by atoms with Gasteiger partial charge in [-0.3, -0.25) is 4.99 Å². The summed E-state index contributed by atoms with van der Waals surface area (Å²) in [5.41, 5.74) is 1.78. The lowest BCUT2D eigenvalue weighted by Crippen LogP contribution is -2.50. The minimum atomic E-state index is 0. The molecule has 0 aromatic heterocycles. The topological polar surface area (TPSA) is 39.7 Å². The normalized spacial score (nSPS) is 20.9. The van der Waals surface area contributed by atoms with Crippen molar-refractivity contribution in [2.24, 2.45) is 4.99 Å². The van der Waals surface area contributed by atoms with Gasteiger partial charge in [-0.15, -0.1) is 24.0 Å². The Hall–Kier alpha value is -0.820. The lowest BCUT2D eigenvalue weighted by atomic mass is 9.96. The van der Waals surface area contributed by atoms with Gasteiger partial charge in [0, 0.05) is 44.2 Å². The molecule has 3 rings (SSSR count). The van der Waals surface area contributed by atoms with Gasteiger partial charge in [0.05, 0.1) is 0 Å². The van der Waals surface area contributed by atoms with E-state index in [4.69, 9.17) is 0 Å². The van der Waals surface area contributed by atoms with E-state index in [-0.39, 0.29) is 24.0 Å². The van der Waals surface area contributed by atoms with E-state index in [1.165, 1.54) is 44.3 Å². The maximum atomic E-state index is 4.44. The first-order valence-electron chi connectivity index (χ1n) is 9.40. The highest BCUT2D eigenvalue weighted by atomic mass is 127. The summed E-state index contributed by atoms with van der Waals surface area (Å²) < 4.78 is 0. The smallest absolute Gasteiger partial charge is 0.191 e. The van der Waals surface area contributed by atoms with Gasteiger partial charge < -0.3 is 15.5 Å². The number of hydrogen-bond acceptors (Lipinski definition) is 2. The second kappa shape index (κ2) is 9.21. The average Bonchev–Trinajstić information content (AvgIpc) is 3.41. The van der Waals surface area contributed by atoms with Crippen molar-refractivity contribution in [3.05, 3.63) is 35.9 Å². The van der Waals surface area contributed by atoms with Gasteiger partial charge in [0.15, 0.2) is 5.96 Å². The predicted octanol–water partition coefficient (Wildman–Crippen LogP) is 3.37. The molecule has 0 unspecified atom stereocenters. The van der Waals surface area contributed by atoms with Crippen molar-refractivity contribution in [2.45, 2.75) is 57.0 Å². The molecule has 1 aliphatic carbocycles. The highest BCUT2D eigenvalue weighted by Crippen LogP contribution is 2.47. The monoisotopic (exact) mass is 456 g/mol. The summed E-state index contributed by atoms with van der Waals surface area (Å²) >= 11 is 0. The summed E-state index contributed by atoms with van der Waals surface area (Å²) in [6.45, 7) is 7.90. The van der Waals surface area contributed by atoms with E-state index in [0.29, 0.717) is 17.5 Å². The molecule has 1 saturated heterocycles. The number of nitrogens with zero attached hydrogens (tertiary/aromatic N) is 2. The Labute approximate surface area is 169 Å². The lowest BCUT2D eigenvalue weighted by molar-refractivity contribution is 0.167. The Kier molecular flexibility index (Phi) is 7.55. The third-order valence-electron chi connectivity index (χ3n) is 5.66. The molecular formula is C20H33IN4. The van der Waals surface area contributed by atoms with Crippen LogP contribution in [0.15, 0.2) is 35.3 Å². The molecule has 1 aromatic carbocycles. The summed E-state index contributed by atoms with van der Waals surface area (Å²) in [6.07, 6.45) is 4.94. The fourth-order valence-electron chi connectivity index (χ4n) is 3.71.